The molecule has 4 rings (SSSR count). The number of aromatic nitrogens is 4. The van der Waals surface area contributed by atoms with Crippen LogP contribution in [0.25, 0.3) is 11.0 Å². The van der Waals surface area contributed by atoms with E-state index in [1.807, 2.05) is 23.1 Å². The molecule has 1 fully saturated rings. The van der Waals surface area contributed by atoms with Gasteiger partial charge in [-0.2, -0.15) is 5.10 Å². The van der Waals surface area contributed by atoms with Crippen molar-refractivity contribution in [3.05, 3.63) is 48.5 Å². The molecule has 1 atom stereocenters. The summed E-state index contributed by atoms with van der Waals surface area (Å²) in [4.78, 5) is 7.35. The lowest BCUT2D eigenvalue weighted by atomic mass is 10.2. The molecule has 0 bridgehead atoms. The quantitative estimate of drug-likeness (QED) is 0.742. The van der Waals surface area contributed by atoms with Crippen molar-refractivity contribution >= 4 is 11.0 Å². The number of aryl methyl sites for hydroxylation is 1. The molecular weight excluding hydrogens is 274 g/mol. The number of fused-ring (bicyclic) bond motifs is 1. The monoisotopic (exact) mass is 295 g/mol. The van der Waals surface area contributed by atoms with Crippen LogP contribution in [-0.2, 0) is 20.1 Å². The first-order valence-electron chi connectivity index (χ1n) is 7.93. The van der Waals surface area contributed by atoms with Gasteiger partial charge in [0.15, 0.2) is 0 Å². The van der Waals surface area contributed by atoms with Crippen LogP contribution in [0.2, 0.25) is 0 Å². The minimum atomic E-state index is 0.555. The van der Waals surface area contributed by atoms with Gasteiger partial charge in [0.05, 0.1) is 24.1 Å². The summed E-state index contributed by atoms with van der Waals surface area (Å²) in [5.74, 6) is 1.15. The average molecular weight is 295 g/mol. The highest BCUT2D eigenvalue weighted by molar-refractivity contribution is 5.75. The van der Waals surface area contributed by atoms with E-state index in [9.17, 15) is 0 Å². The number of hydrogen-bond donors (Lipinski definition) is 0. The molecule has 0 amide bonds. The Bertz CT molecular complexity index is 759. The van der Waals surface area contributed by atoms with Gasteiger partial charge in [-0.1, -0.05) is 12.1 Å². The molecule has 0 aliphatic carbocycles. The first-order valence-corrected chi connectivity index (χ1v) is 7.93. The lowest BCUT2D eigenvalue weighted by Gasteiger charge is -2.24. The smallest absolute Gasteiger partial charge is 0.123 e. The lowest BCUT2D eigenvalue weighted by Crippen LogP contribution is -2.33. The largest absolute Gasteiger partial charge is 0.330 e. The molecule has 1 aromatic carbocycles. The zero-order valence-corrected chi connectivity index (χ0v) is 12.9. The van der Waals surface area contributed by atoms with Crippen LogP contribution in [0.15, 0.2) is 42.7 Å². The Hall–Kier alpha value is -2.14. The van der Waals surface area contributed by atoms with Crippen LogP contribution in [0.1, 0.15) is 18.7 Å². The Morgan fingerprint density at radius 3 is 2.95 bits per heavy atom. The van der Waals surface area contributed by atoms with Crippen molar-refractivity contribution < 1.29 is 0 Å². The Morgan fingerprint density at radius 2 is 2.14 bits per heavy atom. The van der Waals surface area contributed by atoms with Gasteiger partial charge in [-0.3, -0.25) is 9.58 Å². The molecule has 1 aliphatic rings. The number of para-hydroxylation sites is 2. The molecule has 22 heavy (non-hydrogen) atoms. The van der Waals surface area contributed by atoms with Gasteiger partial charge >= 0.3 is 0 Å². The number of likely N-dealkylation sites (tertiary alicyclic amines) is 1. The third-order valence-corrected chi connectivity index (χ3v) is 4.68. The highest BCUT2D eigenvalue weighted by Crippen LogP contribution is 2.22. The van der Waals surface area contributed by atoms with Crippen molar-refractivity contribution in [1.82, 2.24) is 24.2 Å². The fraction of sp³-hybridized carbons (Fsp3) is 0.412. The second-order valence-electron chi connectivity index (χ2n) is 6.07. The Kier molecular flexibility index (Phi) is 3.42. The molecule has 3 heterocycles. The predicted molar refractivity (Wildman–Crippen MR) is 86.4 cm³/mol. The topological polar surface area (TPSA) is 38.9 Å². The van der Waals surface area contributed by atoms with E-state index in [1.165, 1.54) is 18.4 Å². The van der Waals surface area contributed by atoms with Crippen molar-refractivity contribution in [3.8, 4) is 0 Å². The van der Waals surface area contributed by atoms with Crippen LogP contribution < -0.4 is 0 Å². The molecule has 0 unspecified atom stereocenters. The van der Waals surface area contributed by atoms with Gasteiger partial charge in [0, 0.05) is 25.5 Å². The van der Waals surface area contributed by atoms with Crippen LogP contribution in [0.3, 0.4) is 0 Å². The second kappa shape index (κ2) is 5.57. The van der Waals surface area contributed by atoms with Crippen molar-refractivity contribution in [2.45, 2.75) is 32.0 Å². The number of benzene rings is 1. The van der Waals surface area contributed by atoms with E-state index < -0.39 is 0 Å². The van der Waals surface area contributed by atoms with E-state index in [2.05, 4.69) is 45.9 Å². The molecule has 0 radical (unpaired) electrons. The maximum absolute atomic E-state index is 4.81. The highest BCUT2D eigenvalue weighted by atomic mass is 15.3. The standard InChI is InChI=1S/C17H21N5/c1-20-16-8-3-2-7-15(16)19-17(20)13-21-10-4-6-14(21)12-22-11-5-9-18-22/h2-3,5,7-9,11,14H,4,6,10,12-13H2,1H3/t14-/m0/s1. The zero-order valence-electron chi connectivity index (χ0n) is 12.9. The maximum atomic E-state index is 4.81. The zero-order chi connectivity index (χ0) is 14.9. The van der Waals surface area contributed by atoms with Gasteiger partial charge in [-0.15, -0.1) is 0 Å². The summed E-state index contributed by atoms with van der Waals surface area (Å²) < 4.78 is 4.26. The summed E-state index contributed by atoms with van der Waals surface area (Å²) >= 11 is 0. The van der Waals surface area contributed by atoms with E-state index in [1.54, 1.807) is 0 Å². The lowest BCUT2D eigenvalue weighted by molar-refractivity contribution is 0.213. The van der Waals surface area contributed by atoms with Crippen LogP contribution in [0.5, 0.6) is 0 Å². The molecule has 0 saturated carbocycles. The maximum Gasteiger partial charge on any atom is 0.123 e. The number of nitrogens with zero attached hydrogens (tertiary/aromatic N) is 5. The molecule has 3 aromatic rings. The molecular formula is C17H21N5. The fourth-order valence-electron chi connectivity index (χ4n) is 3.45. The molecule has 1 aliphatic heterocycles. The van der Waals surface area contributed by atoms with E-state index in [0.717, 1.165) is 31.0 Å². The van der Waals surface area contributed by atoms with Gasteiger partial charge in [-0.25, -0.2) is 4.98 Å². The van der Waals surface area contributed by atoms with Gasteiger partial charge in [0.25, 0.3) is 0 Å². The summed E-state index contributed by atoms with van der Waals surface area (Å²) in [5, 5.41) is 4.34. The van der Waals surface area contributed by atoms with Gasteiger partial charge in [0.2, 0.25) is 0 Å². The first-order chi connectivity index (χ1) is 10.8. The van der Waals surface area contributed by atoms with Crippen LogP contribution in [0, 0.1) is 0 Å². The van der Waals surface area contributed by atoms with Crippen molar-refractivity contribution in [1.29, 1.82) is 0 Å². The fourth-order valence-corrected chi connectivity index (χ4v) is 3.45. The molecule has 5 heteroatoms. The van der Waals surface area contributed by atoms with Gasteiger partial charge < -0.3 is 4.57 Å². The molecule has 2 aromatic heterocycles. The summed E-state index contributed by atoms with van der Waals surface area (Å²) in [6, 6.07) is 10.9. The van der Waals surface area contributed by atoms with Crippen LogP contribution in [0.4, 0.5) is 0 Å². The summed E-state index contributed by atoms with van der Waals surface area (Å²) in [7, 11) is 2.11. The first kappa shape index (κ1) is 13.5. The average Bonchev–Trinajstić information content (AvgIpc) is 3.25. The molecule has 114 valence electrons. The van der Waals surface area contributed by atoms with Crippen molar-refractivity contribution in [2.75, 3.05) is 6.54 Å². The molecule has 0 N–H and O–H groups in total. The highest BCUT2D eigenvalue weighted by Gasteiger charge is 2.26. The minimum Gasteiger partial charge on any atom is -0.330 e. The van der Waals surface area contributed by atoms with E-state index in [0.29, 0.717) is 6.04 Å². The summed E-state index contributed by atoms with van der Waals surface area (Å²) in [5.41, 5.74) is 2.29. The van der Waals surface area contributed by atoms with Gasteiger partial charge in [-0.05, 0) is 37.6 Å². The predicted octanol–water partition coefficient (Wildman–Crippen LogP) is 2.43. The minimum absolute atomic E-state index is 0.555. The van der Waals surface area contributed by atoms with Crippen molar-refractivity contribution in [3.63, 3.8) is 0 Å². The SMILES string of the molecule is Cn1c(CN2CCC[C@H]2Cn2cccn2)nc2ccccc21. The van der Waals surface area contributed by atoms with E-state index in [4.69, 9.17) is 4.98 Å². The van der Waals surface area contributed by atoms with E-state index in [-0.39, 0.29) is 0 Å². The number of hydrogen-bond acceptors (Lipinski definition) is 3. The van der Waals surface area contributed by atoms with Crippen LogP contribution >= 0.6 is 0 Å². The normalized spacial score (nSPS) is 19.2. The molecule has 5 nitrogen and oxygen atoms in total. The van der Waals surface area contributed by atoms with Gasteiger partial charge in [0.1, 0.15) is 5.82 Å². The number of rotatable bonds is 4. The molecule has 1 saturated heterocycles. The Labute approximate surface area is 130 Å². The summed E-state index contributed by atoms with van der Waals surface area (Å²) in [6.07, 6.45) is 6.40. The molecule has 0 spiro atoms. The van der Waals surface area contributed by atoms with Crippen LogP contribution in [-0.4, -0.2) is 36.8 Å². The van der Waals surface area contributed by atoms with Crippen molar-refractivity contribution in [2.24, 2.45) is 7.05 Å². The number of imidazole rings is 1. The Morgan fingerprint density at radius 1 is 1.23 bits per heavy atom. The third kappa shape index (κ3) is 2.41. The second-order valence-corrected chi connectivity index (χ2v) is 6.07. The summed E-state index contributed by atoms with van der Waals surface area (Å²) in [6.45, 7) is 3.03. The van der Waals surface area contributed by atoms with E-state index >= 15 is 0 Å². The third-order valence-electron chi connectivity index (χ3n) is 4.68. The Balaban J connectivity index is 1.54.